The number of para-hydroxylation sites is 1. The van der Waals surface area contributed by atoms with Crippen LogP contribution in [0.25, 0.3) is 5.70 Å². The summed E-state index contributed by atoms with van der Waals surface area (Å²) < 4.78 is 11.1. The molecule has 1 spiro atoms. The number of nitrogens with zero attached hydrogens (tertiary/aromatic N) is 2. The standard InChI is InChI=1S/C25H21N3O4/c1-3-14-28-21(16-10-6-5-7-11-16)20(23(29)31-4-2)25(24(28)30)17-12-8-9-13-19(17)32-22(27)18(25)15-26/h3,5-13H,1,4,14,27H2,2H3/t25-/m0/s1. The van der Waals surface area contributed by atoms with Gasteiger partial charge < -0.3 is 20.1 Å². The Kier molecular flexibility index (Phi) is 5.29. The zero-order chi connectivity index (χ0) is 22.9. The Hall–Kier alpha value is -4.31. The van der Waals surface area contributed by atoms with E-state index in [4.69, 9.17) is 15.2 Å². The molecule has 2 aromatic carbocycles. The summed E-state index contributed by atoms with van der Waals surface area (Å²) in [6.45, 7) is 5.66. The number of rotatable bonds is 5. The summed E-state index contributed by atoms with van der Waals surface area (Å²) in [5.41, 5.74) is 5.56. The average molecular weight is 427 g/mol. The summed E-state index contributed by atoms with van der Waals surface area (Å²) >= 11 is 0. The molecule has 7 heteroatoms. The van der Waals surface area contributed by atoms with Crippen LogP contribution in [0.3, 0.4) is 0 Å². The van der Waals surface area contributed by atoms with Crippen LogP contribution >= 0.6 is 0 Å². The summed E-state index contributed by atoms with van der Waals surface area (Å²) in [4.78, 5) is 29.1. The minimum Gasteiger partial charge on any atom is -0.463 e. The molecule has 0 aromatic heterocycles. The van der Waals surface area contributed by atoms with Gasteiger partial charge in [0.2, 0.25) is 11.8 Å². The monoisotopic (exact) mass is 427 g/mol. The summed E-state index contributed by atoms with van der Waals surface area (Å²) in [6.07, 6.45) is 1.56. The molecule has 160 valence electrons. The van der Waals surface area contributed by atoms with E-state index in [2.05, 4.69) is 6.58 Å². The number of carbonyl (C=O) groups excluding carboxylic acids is 2. The van der Waals surface area contributed by atoms with E-state index in [1.165, 1.54) is 4.90 Å². The van der Waals surface area contributed by atoms with Crippen LogP contribution in [0, 0.1) is 11.3 Å². The molecule has 0 radical (unpaired) electrons. The fourth-order valence-corrected chi connectivity index (χ4v) is 4.35. The molecule has 0 fully saturated rings. The molecule has 2 N–H and O–H groups in total. The highest BCUT2D eigenvalue weighted by Crippen LogP contribution is 2.55. The van der Waals surface area contributed by atoms with Gasteiger partial charge in [0, 0.05) is 12.1 Å². The zero-order valence-electron chi connectivity index (χ0n) is 17.5. The van der Waals surface area contributed by atoms with Crippen molar-refractivity contribution in [2.24, 2.45) is 5.73 Å². The fraction of sp³-hybridized carbons (Fsp3) is 0.160. The number of nitriles is 1. The zero-order valence-corrected chi connectivity index (χ0v) is 17.5. The lowest BCUT2D eigenvalue weighted by molar-refractivity contribution is -0.140. The molecule has 7 nitrogen and oxygen atoms in total. The SMILES string of the molecule is C=CCN1C(=O)[C@@]2(C(C#N)=C(N)Oc3ccccc32)C(C(=O)OCC)=C1c1ccccc1. The first-order valence-electron chi connectivity index (χ1n) is 10.1. The number of hydrogen-bond acceptors (Lipinski definition) is 6. The van der Waals surface area contributed by atoms with Crippen LogP contribution in [0.15, 0.2) is 84.3 Å². The molecule has 1 atom stereocenters. The summed E-state index contributed by atoms with van der Waals surface area (Å²) in [5.74, 6) is -1.13. The van der Waals surface area contributed by atoms with Crippen molar-refractivity contribution in [2.45, 2.75) is 12.3 Å². The Labute approximate surface area is 185 Å². The second-order valence-corrected chi connectivity index (χ2v) is 7.21. The Bertz CT molecular complexity index is 1220. The molecule has 0 saturated carbocycles. The predicted octanol–water partition coefficient (Wildman–Crippen LogP) is 3.01. The normalized spacial score (nSPS) is 19.5. The van der Waals surface area contributed by atoms with Gasteiger partial charge in [-0.3, -0.25) is 4.79 Å². The van der Waals surface area contributed by atoms with Gasteiger partial charge in [0.15, 0.2) is 5.41 Å². The first-order valence-corrected chi connectivity index (χ1v) is 10.1. The van der Waals surface area contributed by atoms with Gasteiger partial charge in [-0.05, 0) is 18.6 Å². The molecule has 32 heavy (non-hydrogen) atoms. The van der Waals surface area contributed by atoms with Gasteiger partial charge >= 0.3 is 5.97 Å². The maximum Gasteiger partial charge on any atom is 0.337 e. The molecule has 4 rings (SSSR count). The molecular formula is C25H21N3O4. The quantitative estimate of drug-likeness (QED) is 0.581. The van der Waals surface area contributed by atoms with Gasteiger partial charge in [0.25, 0.3) is 0 Å². The number of esters is 1. The Balaban J connectivity index is 2.19. The van der Waals surface area contributed by atoms with E-state index in [0.717, 1.165) is 0 Å². The van der Waals surface area contributed by atoms with Crippen molar-refractivity contribution >= 4 is 17.6 Å². The smallest absolute Gasteiger partial charge is 0.337 e. The number of benzene rings is 2. The van der Waals surface area contributed by atoms with Crippen molar-refractivity contribution in [3.8, 4) is 11.8 Å². The van der Waals surface area contributed by atoms with Gasteiger partial charge in [-0.15, -0.1) is 6.58 Å². The van der Waals surface area contributed by atoms with Crippen molar-refractivity contribution in [3.63, 3.8) is 0 Å². The van der Waals surface area contributed by atoms with Crippen LogP contribution in [0.1, 0.15) is 18.1 Å². The fourth-order valence-electron chi connectivity index (χ4n) is 4.35. The number of fused-ring (bicyclic) bond motifs is 2. The highest BCUT2D eigenvalue weighted by Gasteiger charge is 2.62. The van der Waals surface area contributed by atoms with Gasteiger partial charge in [0.05, 0.1) is 17.9 Å². The van der Waals surface area contributed by atoms with Crippen molar-refractivity contribution in [1.82, 2.24) is 4.90 Å². The van der Waals surface area contributed by atoms with E-state index in [9.17, 15) is 14.9 Å². The predicted molar refractivity (Wildman–Crippen MR) is 117 cm³/mol. The number of ether oxygens (including phenoxy) is 2. The van der Waals surface area contributed by atoms with Gasteiger partial charge in [0.1, 0.15) is 17.4 Å². The first kappa shape index (κ1) is 20.9. The van der Waals surface area contributed by atoms with Crippen LogP contribution in [0.4, 0.5) is 0 Å². The van der Waals surface area contributed by atoms with Crippen molar-refractivity contribution in [1.29, 1.82) is 5.26 Å². The van der Waals surface area contributed by atoms with E-state index < -0.39 is 17.3 Å². The molecule has 2 aliphatic heterocycles. The largest absolute Gasteiger partial charge is 0.463 e. The lowest BCUT2D eigenvalue weighted by Crippen LogP contribution is -2.47. The van der Waals surface area contributed by atoms with Crippen LogP contribution < -0.4 is 10.5 Å². The van der Waals surface area contributed by atoms with E-state index >= 15 is 0 Å². The topological polar surface area (TPSA) is 106 Å². The maximum absolute atomic E-state index is 14.2. The van der Waals surface area contributed by atoms with Crippen molar-refractivity contribution in [3.05, 3.63) is 95.4 Å². The molecule has 1 amide bonds. The van der Waals surface area contributed by atoms with Crippen molar-refractivity contribution < 1.29 is 19.1 Å². The van der Waals surface area contributed by atoms with Crippen LogP contribution in [0.2, 0.25) is 0 Å². The van der Waals surface area contributed by atoms with E-state index in [1.54, 1.807) is 61.5 Å². The molecule has 2 aromatic rings. The third-order valence-corrected chi connectivity index (χ3v) is 5.53. The maximum atomic E-state index is 14.2. The van der Waals surface area contributed by atoms with Gasteiger partial charge in [-0.25, -0.2) is 4.79 Å². The van der Waals surface area contributed by atoms with E-state index in [1.807, 2.05) is 12.1 Å². The van der Waals surface area contributed by atoms with E-state index in [-0.39, 0.29) is 30.2 Å². The number of amides is 1. The Morgan fingerprint density at radius 2 is 1.94 bits per heavy atom. The Morgan fingerprint density at radius 1 is 1.25 bits per heavy atom. The molecular weight excluding hydrogens is 406 g/mol. The first-order chi connectivity index (χ1) is 15.5. The molecule has 2 heterocycles. The minimum atomic E-state index is -1.80. The van der Waals surface area contributed by atoms with Gasteiger partial charge in [-0.1, -0.05) is 54.6 Å². The number of nitrogens with two attached hydrogens (primary N) is 1. The summed E-state index contributed by atoms with van der Waals surface area (Å²) in [7, 11) is 0. The number of carbonyl (C=O) groups is 2. The lowest BCUT2D eigenvalue weighted by Gasteiger charge is -2.35. The molecule has 0 aliphatic carbocycles. The summed E-state index contributed by atoms with van der Waals surface area (Å²) in [6, 6.07) is 17.8. The highest BCUT2D eigenvalue weighted by atomic mass is 16.5. The minimum absolute atomic E-state index is 0.0349. The third kappa shape index (κ3) is 2.81. The number of hydrogen-bond donors (Lipinski definition) is 1. The van der Waals surface area contributed by atoms with Crippen LogP contribution in [0.5, 0.6) is 5.75 Å². The molecule has 0 bridgehead atoms. The average Bonchev–Trinajstić information content (AvgIpc) is 3.04. The molecule has 0 saturated heterocycles. The Morgan fingerprint density at radius 3 is 2.59 bits per heavy atom. The summed E-state index contributed by atoms with van der Waals surface area (Å²) in [5, 5.41) is 10.1. The van der Waals surface area contributed by atoms with Gasteiger partial charge in [-0.2, -0.15) is 5.26 Å². The highest BCUT2D eigenvalue weighted by molar-refractivity contribution is 6.19. The van der Waals surface area contributed by atoms with Crippen molar-refractivity contribution in [2.75, 3.05) is 13.2 Å². The molecule has 0 unspecified atom stereocenters. The molecule has 2 aliphatic rings. The second kappa shape index (κ2) is 8.08. The van der Waals surface area contributed by atoms with Crippen LogP contribution in [-0.4, -0.2) is 29.9 Å². The third-order valence-electron chi connectivity index (χ3n) is 5.53. The van der Waals surface area contributed by atoms with E-state index in [0.29, 0.717) is 22.6 Å². The lowest BCUT2D eigenvalue weighted by atomic mass is 9.67. The second-order valence-electron chi connectivity index (χ2n) is 7.21. The van der Waals surface area contributed by atoms with Crippen LogP contribution in [-0.2, 0) is 19.7 Å².